The third-order valence-corrected chi connectivity index (χ3v) is 2.60. The van der Waals surface area contributed by atoms with Crippen molar-refractivity contribution in [3.63, 3.8) is 0 Å². The van der Waals surface area contributed by atoms with E-state index in [1.807, 2.05) is 0 Å². The van der Waals surface area contributed by atoms with Crippen molar-refractivity contribution in [3.8, 4) is 0 Å². The summed E-state index contributed by atoms with van der Waals surface area (Å²) in [5.74, 6) is -1.62. The molecule has 0 saturated carbocycles. The van der Waals surface area contributed by atoms with Crippen LogP contribution in [0.5, 0.6) is 0 Å². The van der Waals surface area contributed by atoms with Crippen LogP contribution < -0.4 is 0 Å². The predicted molar refractivity (Wildman–Crippen MR) is 36.4 cm³/mol. The minimum atomic E-state index is -1.04. The maximum atomic E-state index is 10.6. The first-order valence-corrected chi connectivity index (χ1v) is 3.85. The quantitative estimate of drug-likeness (QED) is 0.454. The standard InChI is InChI=1S/C7H10O5/c8-4-3-1-2(7(10)11)6(12-3)5(4)9/h2-6,8-9H,1H2,(H,10,11)/t2-,3+,4+,5+,6-/m0/s1. The molecule has 0 aromatic carbocycles. The number of aliphatic hydroxyl groups excluding tert-OH is 2. The molecule has 2 aliphatic heterocycles. The van der Waals surface area contributed by atoms with Crippen molar-refractivity contribution in [2.24, 2.45) is 5.92 Å². The highest BCUT2D eigenvalue weighted by molar-refractivity contribution is 5.71. The van der Waals surface area contributed by atoms with Crippen molar-refractivity contribution in [2.45, 2.75) is 30.8 Å². The number of fused-ring (bicyclic) bond motifs is 2. The molecule has 0 aromatic rings. The Balaban J connectivity index is 2.15. The second-order valence-electron chi connectivity index (χ2n) is 3.30. The van der Waals surface area contributed by atoms with Gasteiger partial charge in [-0.05, 0) is 6.42 Å². The van der Waals surface area contributed by atoms with E-state index in [4.69, 9.17) is 9.84 Å². The van der Waals surface area contributed by atoms with E-state index in [0.29, 0.717) is 6.42 Å². The number of carboxylic acids is 1. The lowest BCUT2D eigenvalue weighted by Crippen LogP contribution is -2.43. The Morgan fingerprint density at radius 2 is 2.00 bits per heavy atom. The average molecular weight is 174 g/mol. The van der Waals surface area contributed by atoms with Gasteiger partial charge in [-0.3, -0.25) is 4.79 Å². The predicted octanol–water partition coefficient (Wildman–Crippen LogP) is -1.42. The van der Waals surface area contributed by atoms with Gasteiger partial charge >= 0.3 is 5.97 Å². The Morgan fingerprint density at radius 1 is 1.33 bits per heavy atom. The zero-order valence-electron chi connectivity index (χ0n) is 6.25. The van der Waals surface area contributed by atoms with Crippen LogP contribution in [0.25, 0.3) is 0 Å². The minimum Gasteiger partial charge on any atom is -0.481 e. The van der Waals surface area contributed by atoms with Crippen LogP contribution in [-0.4, -0.2) is 45.7 Å². The van der Waals surface area contributed by atoms with E-state index in [-0.39, 0.29) is 0 Å². The number of hydrogen-bond donors (Lipinski definition) is 3. The van der Waals surface area contributed by atoms with E-state index >= 15 is 0 Å². The third-order valence-electron chi connectivity index (χ3n) is 2.60. The molecule has 5 heteroatoms. The first-order valence-electron chi connectivity index (χ1n) is 3.85. The molecule has 2 rings (SSSR count). The highest BCUT2D eigenvalue weighted by atomic mass is 16.6. The Labute approximate surface area is 68.6 Å². The van der Waals surface area contributed by atoms with E-state index < -0.39 is 36.3 Å². The van der Waals surface area contributed by atoms with Crippen molar-refractivity contribution in [2.75, 3.05) is 0 Å². The van der Waals surface area contributed by atoms with E-state index in [2.05, 4.69) is 0 Å². The molecular formula is C7H10O5. The molecule has 5 atom stereocenters. The number of aliphatic hydroxyl groups is 2. The summed E-state index contributed by atoms with van der Waals surface area (Å²) in [5, 5.41) is 27.2. The normalized spacial score (nSPS) is 51.3. The Bertz CT molecular complexity index is 214. The molecule has 0 spiro atoms. The van der Waals surface area contributed by atoms with Gasteiger partial charge in [0.1, 0.15) is 12.2 Å². The first kappa shape index (κ1) is 7.97. The summed E-state index contributed by atoms with van der Waals surface area (Å²) >= 11 is 0. The average Bonchev–Trinajstić information content (AvgIpc) is 2.53. The molecule has 68 valence electrons. The molecule has 5 nitrogen and oxygen atoms in total. The third kappa shape index (κ3) is 0.872. The SMILES string of the molecule is O=C(O)[C@H]1C[C@H]2O[C@@H]1[C@H](O)[C@@H]2O. The lowest BCUT2D eigenvalue weighted by atomic mass is 9.85. The molecule has 2 heterocycles. The number of carboxylic acid groups (broad SMARTS) is 1. The molecule has 0 aliphatic carbocycles. The topological polar surface area (TPSA) is 87.0 Å². The summed E-state index contributed by atoms with van der Waals surface area (Å²) in [4.78, 5) is 10.6. The maximum absolute atomic E-state index is 10.6. The highest BCUT2D eigenvalue weighted by Gasteiger charge is 2.55. The van der Waals surface area contributed by atoms with Crippen LogP contribution in [-0.2, 0) is 9.53 Å². The minimum absolute atomic E-state index is 0.304. The second-order valence-corrected chi connectivity index (χ2v) is 3.30. The zero-order valence-corrected chi connectivity index (χ0v) is 6.25. The van der Waals surface area contributed by atoms with Crippen molar-refractivity contribution >= 4 is 5.97 Å². The molecule has 0 aromatic heterocycles. The van der Waals surface area contributed by atoms with Gasteiger partial charge < -0.3 is 20.1 Å². The first-order chi connectivity index (χ1) is 5.61. The summed E-state index contributed by atoms with van der Waals surface area (Å²) in [6, 6.07) is 0. The van der Waals surface area contributed by atoms with Crippen molar-refractivity contribution in [1.29, 1.82) is 0 Å². The Morgan fingerprint density at radius 3 is 2.42 bits per heavy atom. The highest BCUT2D eigenvalue weighted by Crippen LogP contribution is 2.39. The molecule has 0 unspecified atom stereocenters. The van der Waals surface area contributed by atoms with Crippen LogP contribution in [0.1, 0.15) is 6.42 Å². The number of rotatable bonds is 1. The fourth-order valence-corrected chi connectivity index (χ4v) is 1.93. The number of ether oxygens (including phenoxy) is 1. The van der Waals surface area contributed by atoms with Gasteiger partial charge in [0.25, 0.3) is 0 Å². The molecule has 3 N–H and O–H groups in total. The molecule has 2 saturated heterocycles. The molecule has 0 amide bonds. The molecule has 12 heavy (non-hydrogen) atoms. The van der Waals surface area contributed by atoms with Gasteiger partial charge in [-0.2, -0.15) is 0 Å². The van der Waals surface area contributed by atoms with Crippen LogP contribution in [0.15, 0.2) is 0 Å². The van der Waals surface area contributed by atoms with Crippen molar-refractivity contribution < 1.29 is 24.9 Å². The fraction of sp³-hybridized carbons (Fsp3) is 0.857. The largest absolute Gasteiger partial charge is 0.481 e. The molecule has 2 fully saturated rings. The monoisotopic (exact) mass is 174 g/mol. The Hall–Kier alpha value is -0.650. The number of hydrogen-bond acceptors (Lipinski definition) is 4. The number of aliphatic carboxylic acids is 1. The second kappa shape index (κ2) is 2.42. The van der Waals surface area contributed by atoms with Gasteiger partial charge in [0, 0.05) is 0 Å². The van der Waals surface area contributed by atoms with Crippen LogP contribution in [0.4, 0.5) is 0 Å². The van der Waals surface area contributed by atoms with Gasteiger partial charge in [0.2, 0.25) is 0 Å². The molecule has 2 aliphatic rings. The zero-order chi connectivity index (χ0) is 8.88. The van der Waals surface area contributed by atoms with E-state index in [1.165, 1.54) is 0 Å². The molecular weight excluding hydrogens is 164 g/mol. The molecule has 2 bridgehead atoms. The van der Waals surface area contributed by atoms with Gasteiger partial charge in [-0.1, -0.05) is 0 Å². The van der Waals surface area contributed by atoms with Crippen molar-refractivity contribution in [3.05, 3.63) is 0 Å². The van der Waals surface area contributed by atoms with Gasteiger partial charge in [-0.15, -0.1) is 0 Å². The molecule has 0 radical (unpaired) electrons. The summed E-state index contributed by atoms with van der Waals surface area (Å²) in [6.07, 6.45) is -2.86. The van der Waals surface area contributed by atoms with Gasteiger partial charge in [0.15, 0.2) is 0 Å². The van der Waals surface area contributed by atoms with Gasteiger partial charge in [-0.25, -0.2) is 0 Å². The van der Waals surface area contributed by atoms with Crippen LogP contribution in [0.2, 0.25) is 0 Å². The lowest BCUT2D eigenvalue weighted by molar-refractivity contribution is -0.146. The maximum Gasteiger partial charge on any atom is 0.309 e. The van der Waals surface area contributed by atoms with Gasteiger partial charge in [0.05, 0.1) is 18.1 Å². The van der Waals surface area contributed by atoms with E-state index in [9.17, 15) is 15.0 Å². The van der Waals surface area contributed by atoms with E-state index in [1.54, 1.807) is 0 Å². The Kier molecular flexibility index (Phi) is 1.61. The number of carbonyl (C=O) groups is 1. The summed E-state index contributed by atoms with van der Waals surface area (Å²) < 4.78 is 5.09. The summed E-state index contributed by atoms with van der Waals surface area (Å²) in [6.45, 7) is 0. The smallest absolute Gasteiger partial charge is 0.309 e. The summed E-state index contributed by atoms with van der Waals surface area (Å²) in [5.41, 5.74) is 0. The van der Waals surface area contributed by atoms with Crippen LogP contribution in [0.3, 0.4) is 0 Å². The van der Waals surface area contributed by atoms with E-state index in [0.717, 1.165) is 0 Å². The van der Waals surface area contributed by atoms with Crippen LogP contribution >= 0.6 is 0 Å². The summed E-state index contributed by atoms with van der Waals surface area (Å²) in [7, 11) is 0. The lowest BCUT2D eigenvalue weighted by Gasteiger charge is -2.23. The van der Waals surface area contributed by atoms with Crippen molar-refractivity contribution in [1.82, 2.24) is 0 Å². The van der Waals surface area contributed by atoms with Crippen LogP contribution in [0, 0.1) is 5.92 Å². The fourth-order valence-electron chi connectivity index (χ4n) is 1.93.